The molecule has 1 unspecified atom stereocenters. The van der Waals surface area contributed by atoms with Crippen LogP contribution in [0.25, 0.3) is 0 Å². The predicted octanol–water partition coefficient (Wildman–Crippen LogP) is 1.35. The summed E-state index contributed by atoms with van der Waals surface area (Å²) >= 11 is 0. The molecule has 68 valence electrons. The summed E-state index contributed by atoms with van der Waals surface area (Å²) in [7, 11) is 1.63. The smallest absolute Gasteiger partial charge is 0.121 e. The standard InChI is InChI=1S/C10H16O2/c1-3-7-10(12-2)8-5-4-6-9-11/h3,10-11H,1,4,6-7,9H2,2H3. The molecule has 0 heterocycles. The Bertz CT molecular complexity index is 164. The first-order valence-electron chi connectivity index (χ1n) is 4.08. The lowest BCUT2D eigenvalue weighted by atomic mass is 10.2. The summed E-state index contributed by atoms with van der Waals surface area (Å²) in [6, 6.07) is 0. The van der Waals surface area contributed by atoms with Gasteiger partial charge in [0.1, 0.15) is 6.10 Å². The van der Waals surface area contributed by atoms with E-state index < -0.39 is 0 Å². The number of rotatable bonds is 5. The van der Waals surface area contributed by atoms with Crippen LogP contribution in [0.2, 0.25) is 0 Å². The van der Waals surface area contributed by atoms with E-state index in [4.69, 9.17) is 9.84 Å². The predicted molar refractivity (Wildman–Crippen MR) is 49.7 cm³/mol. The zero-order valence-electron chi connectivity index (χ0n) is 7.55. The van der Waals surface area contributed by atoms with Crippen LogP contribution in [0.1, 0.15) is 19.3 Å². The molecule has 2 heteroatoms. The second kappa shape index (κ2) is 8.32. The summed E-state index contributed by atoms with van der Waals surface area (Å²) in [5, 5.41) is 8.48. The van der Waals surface area contributed by atoms with Gasteiger partial charge in [-0.3, -0.25) is 0 Å². The van der Waals surface area contributed by atoms with Gasteiger partial charge >= 0.3 is 0 Å². The molecule has 12 heavy (non-hydrogen) atoms. The number of methoxy groups -OCH3 is 1. The third-order valence-corrected chi connectivity index (χ3v) is 1.39. The van der Waals surface area contributed by atoms with Crippen LogP contribution in [0.5, 0.6) is 0 Å². The van der Waals surface area contributed by atoms with Gasteiger partial charge in [0.05, 0.1) is 0 Å². The van der Waals surface area contributed by atoms with E-state index in [0.717, 1.165) is 19.3 Å². The Hall–Kier alpha value is -0.780. The maximum Gasteiger partial charge on any atom is 0.121 e. The third kappa shape index (κ3) is 5.96. The van der Waals surface area contributed by atoms with Crippen molar-refractivity contribution >= 4 is 0 Å². The van der Waals surface area contributed by atoms with E-state index in [0.29, 0.717) is 0 Å². The van der Waals surface area contributed by atoms with Crippen molar-refractivity contribution in [2.45, 2.75) is 25.4 Å². The molecule has 1 atom stereocenters. The van der Waals surface area contributed by atoms with E-state index in [2.05, 4.69) is 18.4 Å². The van der Waals surface area contributed by atoms with Gasteiger partial charge in [-0.05, 0) is 6.42 Å². The van der Waals surface area contributed by atoms with Gasteiger partial charge in [0, 0.05) is 26.6 Å². The Morgan fingerprint density at radius 3 is 2.92 bits per heavy atom. The summed E-state index contributed by atoms with van der Waals surface area (Å²) < 4.78 is 5.06. The van der Waals surface area contributed by atoms with Crippen molar-refractivity contribution in [3.8, 4) is 11.8 Å². The molecular formula is C10H16O2. The molecule has 0 aromatic heterocycles. The van der Waals surface area contributed by atoms with Crippen LogP contribution in [0, 0.1) is 11.8 Å². The van der Waals surface area contributed by atoms with E-state index in [9.17, 15) is 0 Å². The first-order valence-corrected chi connectivity index (χ1v) is 4.08. The molecule has 0 aliphatic rings. The highest BCUT2D eigenvalue weighted by atomic mass is 16.5. The van der Waals surface area contributed by atoms with Crippen molar-refractivity contribution in [1.82, 2.24) is 0 Å². The molecule has 0 aliphatic carbocycles. The topological polar surface area (TPSA) is 29.5 Å². The van der Waals surface area contributed by atoms with E-state index in [-0.39, 0.29) is 12.7 Å². The minimum atomic E-state index is -0.0406. The Kier molecular flexibility index (Phi) is 7.78. The zero-order valence-corrected chi connectivity index (χ0v) is 7.55. The van der Waals surface area contributed by atoms with Gasteiger partial charge in [-0.1, -0.05) is 12.0 Å². The van der Waals surface area contributed by atoms with Gasteiger partial charge in [-0.2, -0.15) is 0 Å². The monoisotopic (exact) mass is 168 g/mol. The molecule has 0 amide bonds. The van der Waals surface area contributed by atoms with Gasteiger partial charge < -0.3 is 9.84 Å². The average Bonchev–Trinajstić information content (AvgIpc) is 2.10. The zero-order chi connectivity index (χ0) is 9.23. The quantitative estimate of drug-likeness (QED) is 0.381. The van der Waals surface area contributed by atoms with Crippen LogP contribution in [0.3, 0.4) is 0 Å². The first kappa shape index (κ1) is 11.2. The number of ether oxygens (including phenoxy) is 1. The van der Waals surface area contributed by atoms with Crippen molar-refractivity contribution in [2.75, 3.05) is 13.7 Å². The second-order valence-electron chi connectivity index (χ2n) is 2.40. The summed E-state index contributed by atoms with van der Waals surface area (Å²) in [6.07, 6.45) is 3.96. The number of hydrogen-bond donors (Lipinski definition) is 1. The van der Waals surface area contributed by atoms with Crippen LogP contribution >= 0.6 is 0 Å². The molecular weight excluding hydrogens is 152 g/mol. The van der Waals surface area contributed by atoms with Crippen LogP contribution in [-0.4, -0.2) is 24.9 Å². The number of hydrogen-bond acceptors (Lipinski definition) is 2. The molecule has 1 N–H and O–H groups in total. The van der Waals surface area contributed by atoms with Crippen LogP contribution in [-0.2, 0) is 4.74 Å². The highest BCUT2D eigenvalue weighted by molar-refractivity contribution is 5.06. The minimum Gasteiger partial charge on any atom is -0.396 e. The van der Waals surface area contributed by atoms with Crippen molar-refractivity contribution < 1.29 is 9.84 Å². The molecule has 0 aromatic carbocycles. The van der Waals surface area contributed by atoms with Gasteiger partial charge in [0.15, 0.2) is 0 Å². The fourth-order valence-corrected chi connectivity index (χ4v) is 0.719. The SMILES string of the molecule is C=CCC(C#CCCCO)OC. The molecule has 0 saturated heterocycles. The average molecular weight is 168 g/mol. The molecule has 2 nitrogen and oxygen atoms in total. The summed E-state index contributed by atoms with van der Waals surface area (Å²) in [5.41, 5.74) is 0. The fourth-order valence-electron chi connectivity index (χ4n) is 0.719. The minimum absolute atomic E-state index is 0.0406. The highest BCUT2D eigenvalue weighted by Gasteiger charge is 1.96. The Morgan fingerprint density at radius 1 is 1.67 bits per heavy atom. The maximum atomic E-state index is 8.48. The molecule has 0 radical (unpaired) electrons. The van der Waals surface area contributed by atoms with Crippen molar-refractivity contribution in [1.29, 1.82) is 0 Å². The van der Waals surface area contributed by atoms with Crippen LogP contribution in [0.4, 0.5) is 0 Å². The third-order valence-electron chi connectivity index (χ3n) is 1.39. The maximum absolute atomic E-state index is 8.48. The van der Waals surface area contributed by atoms with Crippen molar-refractivity contribution in [3.63, 3.8) is 0 Å². The lowest BCUT2D eigenvalue weighted by Gasteiger charge is -2.03. The Morgan fingerprint density at radius 2 is 2.42 bits per heavy atom. The molecule has 0 saturated carbocycles. The highest BCUT2D eigenvalue weighted by Crippen LogP contribution is 1.95. The Labute approximate surface area is 74.2 Å². The number of aliphatic hydroxyl groups is 1. The lowest BCUT2D eigenvalue weighted by Crippen LogP contribution is -2.05. The second-order valence-corrected chi connectivity index (χ2v) is 2.40. The number of unbranched alkanes of at least 4 members (excludes halogenated alkanes) is 1. The Balaban J connectivity index is 3.63. The summed E-state index contributed by atoms with van der Waals surface area (Å²) in [5.74, 6) is 5.89. The van der Waals surface area contributed by atoms with Gasteiger partial charge in [0.2, 0.25) is 0 Å². The fraction of sp³-hybridized carbons (Fsp3) is 0.600. The van der Waals surface area contributed by atoms with Gasteiger partial charge in [-0.15, -0.1) is 12.5 Å². The molecule has 0 spiro atoms. The van der Waals surface area contributed by atoms with E-state index in [1.54, 1.807) is 13.2 Å². The largest absolute Gasteiger partial charge is 0.396 e. The summed E-state index contributed by atoms with van der Waals surface area (Å²) in [6.45, 7) is 3.81. The summed E-state index contributed by atoms with van der Waals surface area (Å²) in [4.78, 5) is 0. The molecule has 0 bridgehead atoms. The van der Waals surface area contributed by atoms with E-state index in [1.807, 2.05) is 0 Å². The molecule has 0 aliphatic heterocycles. The molecule has 0 fully saturated rings. The molecule has 0 rings (SSSR count). The van der Waals surface area contributed by atoms with Crippen molar-refractivity contribution in [3.05, 3.63) is 12.7 Å². The van der Waals surface area contributed by atoms with Crippen LogP contribution < -0.4 is 0 Å². The van der Waals surface area contributed by atoms with Crippen molar-refractivity contribution in [2.24, 2.45) is 0 Å². The van der Waals surface area contributed by atoms with Crippen LogP contribution in [0.15, 0.2) is 12.7 Å². The van der Waals surface area contributed by atoms with Gasteiger partial charge in [0.25, 0.3) is 0 Å². The lowest BCUT2D eigenvalue weighted by molar-refractivity contribution is 0.151. The van der Waals surface area contributed by atoms with E-state index >= 15 is 0 Å². The first-order chi connectivity index (χ1) is 5.85. The number of aliphatic hydroxyl groups excluding tert-OH is 1. The van der Waals surface area contributed by atoms with Gasteiger partial charge in [-0.25, -0.2) is 0 Å². The van der Waals surface area contributed by atoms with E-state index in [1.165, 1.54) is 0 Å². The normalized spacial score (nSPS) is 11.5. The molecule has 0 aromatic rings.